The van der Waals surface area contributed by atoms with E-state index in [1.54, 1.807) is 24.4 Å². The molecule has 2 aromatic rings. The molecule has 0 saturated heterocycles. The van der Waals surface area contributed by atoms with Gasteiger partial charge in [-0.15, -0.1) is 0 Å². The van der Waals surface area contributed by atoms with Crippen LogP contribution in [0.5, 0.6) is 11.5 Å². The first-order valence-electron chi connectivity index (χ1n) is 6.15. The van der Waals surface area contributed by atoms with Crippen molar-refractivity contribution in [1.29, 1.82) is 5.26 Å². The minimum absolute atomic E-state index is 0.442. The zero-order valence-electron chi connectivity index (χ0n) is 11.9. The van der Waals surface area contributed by atoms with Gasteiger partial charge in [-0.05, 0) is 18.6 Å². The molecule has 108 valence electrons. The first-order valence-corrected chi connectivity index (χ1v) is 6.52. The van der Waals surface area contributed by atoms with Crippen molar-refractivity contribution < 1.29 is 9.47 Å². The maximum absolute atomic E-state index is 9.24. The van der Waals surface area contributed by atoms with Crippen LogP contribution in [-0.4, -0.2) is 19.2 Å². The average molecular weight is 304 g/mol. The van der Waals surface area contributed by atoms with E-state index >= 15 is 0 Å². The first kappa shape index (κ1) is 14.9. The van der Waals surface area contributed by atoms with Crippen molar-refractivity contribution in [3.05, 3.63) is 40.5 Å². The zero-order chi connectivity index (χ0) is 15.4. The molecular weight excluding hydrogens is 290 g/mol. The largest absolute Gasteiger partial charge is 0.495 e. The molecule has 21 heavy (non-hydrogen) atoms. The third-order valence-corrected chi connectivity index (χ3v) is 3.29. The Morgan fingerprint density at radius 1 is 1.24 bits per heavy atom. The fourth-order valence-electron chi connectivity index (χ4n) is 1.88. The van der Waals surface area contributed by atoms with Crippen LogP contribution in [0.4, 0.5) is 11.5 Å². The van der Waals surface area contributed by atoms with Crippen LogP contribution in [0.15, 0.2) is 24.4 Å². The predicted molar refractivity (Wildman–Crippen MR) is 81.5 cm³/mol. The zero-order valence-corrected chi connectivity index (χ0v) is 12.7. The van der Waals surface area contributed by atoms with Gasteiger partial charge in [-0.1, -0.05) is 11.6 Å². The van der Waals surface area contributed by atoms with Crippen LogP contribution in [0.25, 0.3) is 0 Å². The smallest absolute Gasteiger partial charge is 0.148 e. The lowest BCUT2D eigenvalue weighted by molar-refractivity contribution is 0.405. The number of ether oxygens (including phenoxy) is 2. The number of rotatable bonds is 4. The lowest BCUT2D eigenvalue weighted by Crippen LogP contribution is -2.01. The van der Waals surface area contributed by atoms with Gasteiger partial charge in [0.25, 0.3) is 0 Å². The molecule has 0 aliphatic heterocycles. The molecule has 5 nitrogen and oxygen atoms in total. The van der Waals surface area contributed by atoms with Crippen LogP contribution in [0.1, 0.15) is 11.1 Å². The first-order chi connectivity index (χ1) is 10.1. The van der Waals surface area contributed by atoms with Crippen molar-refractivity contribution in [3.63, 3.8) is 0 Å². The average Bonchev–Trinajstić information content (AvgIpc) is 2.48. The number of aromatic nitrogens is 1. The van der Waals surface area contributed by atoms with E-state index in [0.717, 1.165) is 5.56 Å². The number of hydrogen-bond donors (Lipinski definition) is 1. The second-order valence-electron chi connectivity index (χ2n) is 4.28. The van der Waals surface area contributed by atoms with Crippen molar-refractivity contribution in [2.75, 3.05) is 19.5 Å². The Morgan fingerprint density at radius 2 is 1.95 bits per heavy atom. The molecule has 0 amide bonds. The standard InChI is InChI=1S/C15H14ClN3O2/c1-9-4-5-18-15(10(9)8-17)19-12-7-13(20-2)11(16)6-14(12)21-3/h4-7H,1-3H3,(H,18,19). The number of anilines is 2. The van der Waals surface area contributed by atoms with E-state index in [0.29, 0.717) is 33.6 Å². The van der Waals surface area contributed by atoms with Crippen LogP contribution in [0.3, 0.4) is 0 Å². The molecular formula is C15H14ClN3O2. The fourth-order valence-corrected chi connectivity index (χ4v) is 2.11. The van der Waals surface area contributed by atoms with Crippen LogP contribution >= 0.6 is 11.6 Å². The van der Waals surface area contributed by atoms with Crippen LogP contribution in [0, 0.1) is 18.3 Å². The van der Waals surface area contributed by atoms with Crippen LogP contribution in [0.2, 0.25) is 5.02 Å². The summed E-state index contributed by atoms with van der Waals surface area (Å²) in [7, 11) is 3.07. The molecule has 0 aliphatic carbocycles. The van der Waals surface area contributed by atoms with Crippen molar-refractivity contribution in [1.82, 2.24) is 4.98 Å². The SMILES string of the molecule is COc1cc(Nc2nccc(C)c2C#N)c(OC)cc1Cl. The molecule has 0 aliphatic rings. The second-order valence-corrected chi connectivity index (χ2v) is 4.68. The molecule has 6 heteroatoms. The number of nitrogens with zero attached hydrogens (tertiary/aromatic N) is 2. The van der Waals surface area contributed by atoms with Gasteiger partial charge in [0.1, 0.15) is 23.4 Å². The van der Waals surface area contributed by atoms with Crippen molar-refractivity contribution >= 4 is 23.1 Å². The minimum atomic E-state index is 0.442. The van der Waals surface area contributed by atoms with Gasteiger partial charge in [-0.3, -0.25) is 0 Å². The predicted octanol–water partition coefficient (Wildman–Crippen LogP) is 3.68. The lowest BCUT2D eigenvalue weighted by atomic mass is 10.1. The number of hydrogen-bond acceptors (Lipinski definition) is 5. The highest BCUT2D eigenvalue weighted by molar-refractivity contribution is 6.32. The highest BCUT2D eigenvalue weighted by Crippen LogP contribution is 2.37. The van der Waals surface area contributed by atoms with Crippen LogP contribution in [-0.2, 0) is 0 Å². The van der Waals surface area contributed by atoms with Gasteiger partial charge in [0.05, 0.1) is 30.5 Å². The number of benzene rings is 1. The molecule has 0 fully saturated rings. The summed E-state index contributed by atoms with van der Waals surface area (Å²) in [6, 6.07) is 7.26. The molecule has 0 atom stereocenters. The van der Waals surface area contributed by atoms with E-state index in [2.05, 4.69) is 16.4 Å². The molecule has 0 unspecified atom stereocenters. The number of aryl methyl sites for hydroxylation is 1. The van der Waals surface area contributed by atoms with Gasteiger partial charge in [0, 0.05) is 18.3 Å². The van der Waals surface area contributed by atoms with E-state index in [-0.39, 0.29) is 0 Å². The maximum atomic E-state index is 9.24. The van der Waals surface area contributed by atoms with Gasteiger partial charge in [-0.25, -0.2) is 4.98 Å². The monoisotopic (exact) mass is 303 g/mol. The van der Waals surface area contributed by atoms with Gasteiger partial charge < -0.3 is 14.8 Å². The molecule has 0 spiro atoms. The molecule has 2 rings (SSSR count). The summed E-state index contributed by atoms with van der Waals surface area (Å²) in [6.45, 7) is 1.85. The summed E-state index contributed by atoms with van der Waals surface area (Å²) in [4.78, 5) is 4.20. The van der Waals surface area contributed by atoms with E-state index in [1.807, 2.05) is 6.92 Å². The Kier molecular flexibility index (Phi) is 4.51. The van der Waals surface area contributed by atoms with Crippen molar-refractivity contribution in [2.45, 2.75) is 6.92 Å². The highest BCUT2D eigenvalue weighted by atomic mass is 35.5. The number of halogens is 1. The molecule has 1 heterocycles. The van der Waals surface area contributed by atoms with Gasteiger partial charge in [0.2, 0.25) is 0 Å². The Morgan fingerprint density at radius 3 is 2.57 bits per heavy atom. The van der Waals surface area contributed by atoms with Gasteiger partial charge in [0.15, 0.2) is 0 Å². The summed E-state index contributed by atoms with van der Waals surface area (Å²) >= 11 is 6.07. The third kappa shape index (κ3) is 3.01. The molecule has 1 aromatic carbocycles. The Bertz CT molecular complexity index is 711. The minimum Gasteiger partial charge on any atom is -0.495 e. The summed E-state index contributed by atoms with van der Waals surface area (Å²) in [6.07, 6.45) is 1.64. The van der Waals surface area contributed by atoms with E-state index in [9.17, 15) is 5.26 Å². The molecule has 0 radical (unpaired) electrons. The topological polar surface area (TPSA) is 67.2 Å². The normalized spacial score (nSPS) is 9.86. The summed E-state index contributed by atoms with van der Waals surface area (Å²) in [5, 5.41) is 12.8. The Labute approximate surface area is 128 Å². The number of nitrogens with one attached hydrogen (secondary N) is 1. The molecule has 1 N–H and O–H groups in total. The Hall–Kier alpha value is -2.45. The lowest BCUT2D eigenvalue weighted by Gasteiger charge is -2.14. The molecule has 1 aromatic heterocycles. The number of pyridine rings is 1. The summed E-state index contributed by atoms with van der Waals surface area (Å²) in [5.74, 6) is 1.50. The van der Waals surface area contributed by atoms with Crippen molar-refractivity contribution in [2.24, 2.45) is 0 Å². The third-order valence-electron chi connectivity index (χ3n) is 3.00. The Balaban J connectivity index is 2.49. The summed E-state index contributed by atoms with van der Waals surface area (Å²) in [5.41, 5.74) is 1.94. The second kappa shape index (κ2) is 6.33. The van der Waals surface area contributed by atoms with E-state index < -0.39 is 0 Å². The highest BCUT2D eigenvalue weighted by Gasteiger charge is 2.13. The maximum Gasteiger partial charge on any atom is 0.148 e. The van der Waals surface area contributed by atoms with Gasteiger partial charge in [-0.2, -0.15) is 5.26 Å². The van der Waals surface area contributed by atoms with E-state index in [4.69, 9.17) is 21.1 Å². The fraction of sp³-hybridized carbons (Fsp3) is 0.200. The quantitative estimate of drug-likeness (QED) is 0.933. The van der Waals surface area contributed by atoms with Crippen molar-refractivity contribution in [3.8, 4) is 17.6 Å². The molecule has 0 bridgehead atoms. The number of methoxy groups -OCH3 is 2. The summed E-state index contributed by atoms with van der Waals surface area (Å²) < 4.78 is 10.5. The number of nitriles is 1. The van der Waals surface area contributed by atoms with Crippen LogP contribution < -0.4 is 14.8 Å². The van der Waals surface area contributed by atoms with E-state index in [1.165, 1.54) is 14.2 Å². The van der Waals surface area contributed by atoms with Gasteiger partial charge >= 0.3 is 0 Å². The molecule has 0 saturated carbocycles.